The van der Waals surface area contributed by atoms with E-state index in [1.807, 2.05) is 0 Å². The van der Waals surface area contributed by atoms with Gasteiger partial charge >= 0.3 is 0 Å². The van der Waals surface area contributed by atoms with Gasteiger partial charge in [-0.3, -0.25) is 11.3 Å². The molecular formula is C15H30N2O. The van der Waals surface area contributed by atoms with E-state index in [9.17, 15) is 0 Å². The van der Waals surface area contributed by atoms with Gasteiger partial charge in [0.1, 0.15) is 0 Å². The lowest BCUT2D eigenvalue weighted by Gasteiger charge is -2.41. The Morgan fingerprint density at radius 1 is 1.17 bits per heavy atom. The fraction of sp³-hybridized carbons (Fsp3) is 1.00. The fourth-order valence-electron chi connectivity index (χ4n) is 3.95. The molecule has 3 nitrogen and oxygen atoms in total. The first kappa shape index (κ1) is 14.3. The van der Waals surface area contributed by atoms with Crippen LogP contribution in [0.3, 0.4) is 0 Å². The molecule has 0 amide bonds. The highest BCUT2D eigenvalue weighted by Gasteiger charge is 2.35. The summed E-state index contributed by atoms with van der Waals surface area (Å²) in [4.78, 5) is 0. The largest absolute Gasteiger partial charge is 0.380 e. The molecule has 0 bridgehead atoms. The molecule has 3 heteroatoms. The maximum atomic E-state index is 5.72. The molecule has 0 radical (unpaired) electrons. The van der Waals surface area contributed by atoms with Crippen LogP contribution in [0.5, 0.6) is 0 Å². The van der Waals surface area contributed by atoms with Crippen molar-refractivity contribution in [2.75, 3.05) is 13.2 Å². The predicted octanol–water partition coefficient (Wildman–Crippen LogP) is 2.85. The first-order valence-corrected chi connectivity index (χ1v) is 7.89. The fourth-order valence-corrected chi connectivity index (χ4v) is 3.95. The highest BCUT2D eigenvalue weighted by atomic mass is 16.5. The van der Waals surface area contributed by atoms with Gasteiger partial charge in [-0.2, -0.15) is 0 Å². The minimum Gasteiger partial charge on any atom is -0.380 e. The summed E-state index contributed by atoms with van der Waals surface area (Å²) in [5.74, 6) is 8.44. The second-order valence-corrected chi connectivity index (χ2v) is 6.23. The van der Waals surface area contributed by atoms with Crippen molar-refractivity contribution in [3.8, 4) is 0 Å². The Morgan fingerprint density at radius 2 is 1.94 bits per heavy atom. The van der Waals surface area contributed by atoms with Crippen LogP contribution < -0.4 is 11.3 Å². The number of rotatable bonds is 6. The van der Waals surface area contributed by atoms with Crippen molar-refractivity contribution in [1.29, 1.82) is 0 Å². The highest BCUT2D eigenvalue weighted by Crippen LogP contribution is 2.43. The minimum atomic E-state index is 0.361. The molecule has 4 unspecified atom stereocenters. The third-order valence-corrected chi connectivity index (χ3v) is 5.01. The van der Waals surface area contributed by atoms with Gasteiger partial charge in [-0.05, 0) is 43.4 Å². The van der Waals surface area contributed by atoms with Gasteiger partial charge in [-0.15, -0.1) is 0 Å². The SMILES string of the molecule is CCCOCC(NN)C1CCC2CCCCC2C1. The van der Waals surface area contributed by atoms with Crippen LogP contribution in [0, 0.1) is 17.8 Å². The summed E-state index contributed by atoms with van der Waals surface area (Å²) in [7, 11) is 0. The maximum absolute atomic E-state index is 5.72. The van der Waals surface area contributed by atoms with E-state index in [4.69, 9.17) is 10.6 Å². The lowest BCUT2D eigenvalue weighted by molar-refractivity contribution is 0.0559. The van der Waals surface area contributed by atoms with Gasteiger partial charge in [-0.1, -0.05) is 32.6 Å². The Balaban J connectivity index is 1.80. The summed E-state index contributed by atoms with van der Waals surface area (Å²) in [5, 5.41) is 0. The van der Waals surface area contributed by atoms with E-state index < -0.39 is 0 Å². The number of ether oxygens (including phenoxy) is 1. The monoisotopic (exact) mass is 254 g/mol. The average Bonchev–Trinajstić information content (AvgIpc) is 2.43. The highest BCUT2D eigenvalue weighted by molar-refractivity contribution is 4.87. The van der Waals surface area contributed by atoms with Gasteiger partial charge in [0.05, 0.1) is 6.61 Å². The van der Waals surface area contributed by atoms with Crippen molar-refractivity contribution in [1.82, 2.24) is 5.43 Å². The molecule has 2 saturated carbocycles. The van der Waals surface area contributed by atoms with Crippen molar-refractivity contribution in [2.45, 2.75) is 64.3 Å². The molecule has 4 atom stereocenters. The lowest BCUT2D eigenvalue weighted by atomic mass is 9.66. The van der Waals surface area contributed by atoms with Gasteiger partial charge in [0.25, 0.3) is 0 Å². The summed E-state index contributed by atoms with van der Waals surface area (Å²) in [6.45, 7) is 3.79. The molecule has 0 spiro atoms. The summed E-state index contributed by atoms with van der Waals surface area (Å²) >= 11 is 0. The van der Waals surface area contributed by atoms with Crippen LogP contribution in [0.15, 0.2) is 0 Å². The van der Waals surface area contributed by atoms with Gasteiger partial charge < -0.3 is 4.74 Å². The molecule has 0 heterocycles. The number of hydrazine groups is 1. The van der Waals surface area contributed by atoms with Gasteiger partial charge in [0, 0.05) is 12.6 Å². The van der Waals surface area contributed by atoms with E-state index in [1.54, 1.807) is 0 Å². The Morgan fingerprint density at radius 3 is 2.67 bits per heavy atom. The summed E-state index contributed by atoms with van der Waals surface area (Å²) in [5.41, 5.74) is 3.00. The Hall–Kier alpha value is -0.120. The Labute approximate surface area is 112 Å². The molecule has 18 heavy (non-hydrogen) atoms. The molecule has 0 aliphatic heterocycles. The van der Waals surface area contributed by atoms with Crippen LogP contribution in [-0.4, -0.2) is 19.3 Å². The molecule has 2 aliphatic rings. The van der Waals surface area contributed by atoms with Crippen LogP contribution in [0.1, 0.15) is 58.3 Å². The summed E-state index contributed by atoms with van der Waals surface area (Å²) in [6, 6.07) is 0.361. The molecule has 0 aromatic carbocycles. The topological polar surface area (TPSA) is 47.3 Å². The predicted molar refractivity (Wildman–Crippen MR) is 75.0 cm³/mol. The Bertz CT molecular complexity index is 235. The number of nitrogens with two attached hydrogens (primary N) is 1. The smallest absolute Gasteiger partial charge is 0.0635 e. The van der Waals surface area contributed by atoms with Crippen molar-refractivity contribution >= 4 is 0 Å². The van der Waals surface area contributed by atoms with Crippen molar-refractivity contribution in [3.05, 3.63) is 0 Å². The zero-order chi connectivity index (χ0) is 12.8. The molecule has 2 rings (SSSR count). The van der Waals surface area contributed by atoms with Crippen LogP contribution >= 0.6 is 0 Å². The molecule has 0 aromatic rings. The second kappa shape index (κ2) is 7.46. The number of hydrogen-bond donors (Lipinski definition) is 2. The van der Waals surface area contributed by atoms with E-state index in [2.05, 4.69) is 12.3 Å². The molecule has 106 valence electrons. The molecule has 2 fully saturated rings. The zero-order valence-corrected chi connectivity index (χ0v) is 11.9. The molecule has 2 aliphatic carbocycles. The second-order valence-electron chi connectivity index (χ2n) is 6.23. The number of nitrogens with one attached hydrogen (secondary N) is 1. The van der Waals surface area contributed by atoms with Crippen molar-refractivity contribution in [3.63, 3.8) is 0 Å². The molecule has 3 N–H and O–H groups in total. The van der Waals surface area contributed by atoms with Crippen LogP contribution in [0.2, 0.25) is 0 Å². The molecule has 0 saturated heterocycles. The van der Waals surface area contributed by atoms with Gasteiger partial charge in [-0.25, -0.2) is 0 Å². The van der Waals surface area contributed by atoms with E-state index >= 15 is 0 Å². The Kier molecular flexibility index (Phi) is 5.93. The standard InChI is InChI=1S/C15H30N2O/c1-2-9-18-11-15(17-16)14-8-7-12-5-3-4-6-13(12)10-14/h12-15,17H,2-11,16H2,1H3. The third-order valence-electron chi connectivity index (χ3n) is 5.01. The first-order valence-electron chi connectivity index (χ1n) is 7.89. The average molecular weight is 254 g/mol. The molecular weight excluding hydrogens is 224 g/mol. The quantitative estimate of drug-likeness (QED) is 0.435. The normalized spacial score (nSPS) is 34.0. The van der Waals surface area contributed by atoms with Crippen LogP contribution in [0.4, 0.5) is 0 Å². The number of fused-ring (bicyclic) bond motifs is 1. The van der Waals surface area contributed by atoms with Crippen LogP contribution in [-0.2, 0) is 4.74 Å². The zero-order valence-electron chi connectivity index (χ0n) is 11.9. The van der Waals surface area contributed by atoms with E-state index in [0.29, 0.717) is 6.04 Å². The third kappa shape index (κ3) is 3.69. The lowest BCUT2D eigenvalue weighted by Crippen LogP contribution is -2.47. The van der Waals surface area contributed by atoms with E-state index in [0.717, 1.165) is 37.4 Å². The summed E-state index contributed by atoms with van der Waals surface area (Å²) < 4.78 is 5.68. The van der Waals surface area contributed by atoms with Crippen molar-refractivity contribution < 1.29 is 4.74 Å². The molecule has 0 aromatic heterocycles. The number of hydrogen-bond acceptors (Lipinski definition) is 3. The van der Waals surface area contributed by atoms with Gasteiger partial charge in [0.2, 0.25) is 0 Å². The van der Waals surface area contributed by atoms with Gasteiger partial charge in [0.15, 0.2) is 0 Å². The first-order chi connectivity index (χ1) is 8.85. The minimum absolute atomic E-state index is 0.361. The van der Waals surface area contributed by atoms with E-state index in [-0.39, 0.29) is 0 Å². The maximum Gasteiger partial charge on any atom is 0.0635 e. The summed E-state index contributed by atoms with van der Waals surface area (Å²) in [6.07, 6.45) is 11.1. The van der Waals surface area contributed by atoms with E-state index in [1.165, 1.54) is 44.9 Å². The van der Waals surface area contributed by atoms with Crippen LogP contribution in [0.25, 0.3) is 0 Å². The van der Waals surface area contributed by atoms with Crippen molar-refractivity contribution in [2.24, 2.45) is 23.6 Å².